The van der Waals surface area contributed by atoms with E-state index in [9.17, 15) is 18.5 Å². The first-order valence-corrected chi connectivity index (χ1v) is 15.2. The fraction of sp³-hybridized carbons (Fsp3) is 0.560. The van der Waals surface area contributed by atoms with E-state index >= 15 is 0 Å². The molecule has 3 fully saturated rings. The molecular formula is C25H30N8O3S2. The van der Waals surface area contributed by atoms with E-state index in [0.717, 1.165) is 35.5 Å². The Kier molecular flexibility index (Phi) is 5.97. The largest absolute Gasteiger partial charge is 0.366 e. The van der Waals surface area contributed by atoms with E-state index < -0.39 is 15.6 Å². The number of hydrogen-bond donors (Lipinski definition) is 1. The molecule has 1 aliphatic heterocycles. The molecule has 2 unspecified atom stereocenters. The average molecular weight is 555 g/mol. The molecule has 11 nitrogen and oxygen atoms in total. The minimum absolute atomic E-state index is 0.0210. The summed E-state index contributed by atoms with van der Waals surface area (Å²) in [5.41, 5.74) is 1.10. The third kappa shape index (κ3) is 4.54. The van der Waals surface area contributed by atoms with Gasteiger partial charge in [0.05, 0.1) is 29.4 Å². The van der Waals surface area contributed by atoms with Crippen LogP contribution in [-0.2, 0) is 14.8 Å². The minimum atomic E-state index is -3.79. The molecule has 200 valence electrons. The van der Waals surface area contributed by atoms with Crippen molar-refractivity contribution in [3.05, 3.63) is 23.5 Å². The average Bonchev–Trinajstić information content (AvgIpc) is 3.71. The molecule has 6 rings (SSSR count). The second-order valence-electron chi connectivity index (χ2n) is 11.1. The quantitative estimate of drug-likeness (QED) is 0.471. The van der Waals surface area contributed by atoms with Gasteiger partial charge in [-0.3, -0.25) is 9.20 Å². The van der Waals surface area contributed by atoms with E-state index in [1.54, 1.807) is 22.9 Å². The van der Waals surface area contributed by atoms with E-state index in [1.165, 1.54) is 11.3 Å². The van der Waals surface area contributed by atoms with E-state index in [0.29, 0.717) is 37.0 Å². The predicted octanol–water partition coefficient (Wildman–Crippen LogP) is 2.62. The maximum atomic E-state index is 13.5. The second-order valence-corrected chi connectivity index (χ2v) is 13.7. The van der Waals surface area contributed by atoms with Gasteiger partial charge in [-0.25, -0.2) is 18.1 Å². The van der Waals surface area contributed by atoms with Crippen molar-refractivity contribution < 1.29 is 13.2 Å². The zero-order valence-electron chi connectivity index (χ0n) is 21.6. The summed E-state index contributed by atoms with van der Waals surface area (Å²) in [6, 6.07) is 3.99. The number of imidazole rings is 1. The molecule has 1 N–H and O–H groups in total. The summed E-state index contributed by atoms with van der Waals surface area (Å²) in [4.78, 5) is 21.3. The highest BCUT2D eigenvalue weighted by Crippen LogP contribution is 2.48. The summed E-state index contributed by atoms with van der Waals surface area (Å²) >= 11 is 1.40. The second kappa shape index (κ2) is 9.00. The first kappa shape index (κ1) is 25.2. The Morgan fingerprint density at radius 1 is 1.24 bits per heavy atom. The van der Waals surface area contributed by atoms with Gasteiger partial charge in [-0.1, -0.05) is 25.2 Å². The van der Waals surface area contributed by atoms with Crippen LogP contribution in [0.3, 0.4) is 0 Å². The van der Waals surface area contributed by atoms with Crippen molar-refractivity contribution in [3.8, 4) is 16.9 Å². The normalized spacial score (nSPS) is 22.6. The lowest BCUT2D eigenvalue weighted by atomic mass is 10.1. The topological polar surface area (TPSA) is 137 Å². The number of piperazine rings is 1. The monoisotopic (exact) mass is 554 g/mol. The summed E-state index contributed by atoms with van der Waals surface area (Å²) in [6.45, 7) is 8.02. The van der Waals surface area contributed by atoms with Crippen molar-refractivity contribution in [1.29, 1.82) is 5.26 Å². The molecular weight excluding hydrogens is 524 g/mol. The number of sulfonamides is 1. The Bertz CT molecular complexity index is 1560. The highest BCUT2D eigenvalue weighted by atomic mass is 32.2. The van der Waals surface area contributed by atoms with Gasteiger partial charge in [0, 0.05) is 49.8 Å². The van der Waals surface area contributed by atoms with Crippen LogP contribution >= 0.6 is 11.3 Å². The van der Waals surface area contributed by atoms with Crippen LogP contribution in [0.2, 0.25) is 0 Å². The number of anilines is 1. The zero-order chi connectivity index (χ0) is 26.8. The van der Waals surface area contributed by atoms with Crippen LogP contribution in [0.5, 0.6) is 0 Å². The van der Waals surface area contributed by atoms with Gasteiger partial charge in [0.2, 0.25) is 15.9 Å². The smallest absolute Gasteiger partial charge is 0.242 e. The third-order valence-corrected chi connectivity index (χ3v) is 10.3. The van der Waals surface area contributed by atoms with Gasteiger partial charge in [-0.05, 0) is 32.3 Å². The SMILES string of the molecule is CC(C)C(=O)N1CCN(c2cc(S(=O)(=O)NC3(C)CC3)cn3c(-c4nnc(C5CC5C#N)s4)ncc23)CC1. The van der Waals surface area contributed by atoms with Crippen molar-refractivity contribution in [2.45, 2.75) is 56.4 Å². The van der Waals surface area contributed by atoms with Crippen molar-refractivity contribution in [2.75, 3.05) is 31.1 Å². The first-order valence-electron chi connectivity index (χ1n) is 12.9. The van der Waals surface area contributed by atoms with Crippen molar-refractivity contribution >= 4 is 38.5 Å². The number of rotatable bonds is 7. The predicted molar refractivity (Wildman–Crippen MR) is 142 cm³/mol. The van der Waals surface area contributed by atoms with Gasteiger partial charge in [0.25, 0.3) is 0 Å². The van der Waals surface area contributed by atoms with Crippen molar-refractivity contribution in [2.24, 2.45) is 11.8 Å². The number of fused-ring (bicyclic) bond motifs is 1. The molecule has 3 aliphatic rings. The highest BCUT2D eigenvalue weighted by Gasteiger charge is 2.42. The van der Waals surface area contributed by atoms with Gasteiger partial charge >= 0.3 is 0 Å². The number of nitriles is 1. The number of pyridine rings is 1. The molecule has 0 aromatic carbocycles. The molecule has 2 saturated carbocycles. The van der Waals surface area contributed by atoms with Crippen LogP contribution in [-0.4, -0.2) is 70.5 Å². The summed E-state index contributed by atoms with van der Waals surface area (Å²) in [7, 11) is -3.79. The minimum Gasteiger partial charge on any atom is -0.366 e. The lowest BCUT2D eigenvalue weighted by Crippen LogP contribution is -2.50. The van der Waals surface area contributed by atoms with Crippen molar-refractivity contribution in [1.82, 2.24) is 29.2 Å². The Morgan fingerprint density at radius 3 is 2.61 bits per heavy atom. The maximum Gasteiger partial charge on any atom is 0.242 e. The van der Waals surface area contributed by atoms with Gasteiger partial charge in [0.15, 0.2) is 10.8 Å². The first-order chi connectivity index (χ1) is 18.1. The number of aromatic nitrogens is 4. The molecule has 1 saturated heterocycles. The lowest BCUT2D eigenvalue weighted by molar-refractivity contribution is -0.134. The van der Waals surface area contributed by atoms with Crippen molar-refractivity contribution in [3.63, 3.8) is 0 Å². The molecule has 4 heterocycles. The molecule has 0 radical (unpaired) electrons. The van der Waals surface area contributed by atoms with E-state index in [2.05, 4.69) is 30.9 Å². The van der Waals surface area contributed by atoms with Gasteiger partial charge in [-0.2, -0.15) is 5.26 Å². The maximum absolute atomic E-state index is 13.5. The van der Waals surface area contributed by atoms with Crippen LogP contribution < -0.4 is 9.62 Å². The Morgan fingerprint density at radius 2 is 1.97 bits per heavy atom. The fourth-order valence-corrected chi connectivity index (χ4v) is 7.40. The van der Waals surface area contributed by atoms with Crippen LogP contribution in [0.25, 0.3) is 16.3 Å². The van der Waals surface area contributed by atoms with Crippen LogP contribution in [0.4, 0.5) is 5.69 Å². The number of carbonyl (C=O) groups is 1. The standard InChI is InChI=1S/C25H30N8O3S2/c1-15(2)24(34)32-8-6-31(7-9-32)19-11-17(38(35,36)30-25(3)4-5-25)14-33-20(19)13-27-21(33)23-29-28-22(37-23)18-10-16(18)12-26/h11,13-16,18,30H,4-10H2,1-3H3. The zero-order valence-corrected chi connectivity index (χ0v) is 23.2. The molecule has 1 amide bonds. The van der Waals surface area contributed by atoms with Gasteiger partial charge < -0.3 is 9.80 Å². The summed E-state index contributed by atoms with van der Waals surface area (Å²) in [6.07, 6.45) is 5.74. The molecule has 3 aromatic rings. The Balaban J connectivity index is 1.39. The summed E-state index contributed by atoms with van der Waals surface area (Å²) in [5.74, 6) is 0.665. The molecule has 0 spiro atoms. The fourth-order valence-electron chi connectivity index (χ4n) is 4.90. The summed E-state index contributed by atoms with van der Waals surface area (Å²) in [5, 5.41) is 19.2. The van der Waals surface area contributed by atoms with Crippen LogP contribution in [0, 0.1) is 23.2 Å². The third-order valence-electron chi connectivity index (χ3n) is 7.62. The number of amides is 1. The number of nitrogens with zero attached hydrogens (tertiary/aromatic N) is 7. The highest BCUT2D eigenvalue weighted by molar-refractivity contribution is 7.89. The number of nitrogens with one attached hydrogen (secondary N) is 1. The molecule has 13 heteroatoms. The Labute approximate surface area is 225 Å². The van der Waals surface area contributed by atoms with Crippen LogP contribution in [0.15, 0.2) is 23.4 Å². The van der Waals surface area contributed by atoms with E-state index in [-0.39, 0.29) is 28.6 Å². The van der Waals surface area contributed by atoms with Crippen LogP contribution in [0.1, 0.15) is 51.0 Å². The molecule has 2 atom stereocenters. The molecule has 38 heavy (non-hydrogen) atoms. The lowest BCUT2D eigenvalue weighted by Gasteiger charge is -2.37. The molecule has 2 aliphatic carbocycles. The van der Waals surface area contributed by atoms with E-state index in [1.807, 2.05) is 25.7 Å². The van der Waals surface area contributed by atoms with Gasteiger partial charge in [-0.15, -0.1) is 10.2 Å². The number of hydrogen-bond acceptors (Lipinski definition) is 9. The van der Waals surface area contributed by atoms with E-state index in [4.69, 9.17) is 0 Å². The molecule has 0 bridgehead atoms. The Hall–Kier alpha value is -3.08. The summed E-state index contributed by atoms with van der Waals surface area (Å²) < 4.78 is 31.5. The number of carbonyl (C=O) groups excluding carboxylic acids is 1. The van der Waals surface area contributed by atoms with Gasteiger partial charge in [0.1, 0.15) is 9.90 Å². The molecule has 3 aromatic heterocycles.